The third-order valence-corrected chi connectivity index (χ3v) is 5.22. The molecule has 1 unspecified atom stereocenters. The first-order chi connectivity index (χ1) is 13.3. The fraction of sp³-hybridized carbons (Fsp3) is 0.278. The molecule has 1 aliphatic rings. The number of rotatable bonds is 3. The molecule has 4 aromatic rings. The summed E-state index contributed by atoms with van der Waals surface area (Å²) in [5.74, 6) is -0.653. The van der Waals surface area contributed by atoms with E-state index < -0.39 is 18.5 Å². The third-order valence-electron chi connectivity index (χ3n) is 5.04. The highest BCUT2D eigenvalue weighted by molar-refractivity contribution is 6.29. The summed E-state index contributed by atoms with van der Waals surface area (Å²) in [5, 5.41) is 8.52. The number of hydrogen-bond acceptors (Lipinski definition) is 3. The number of imidazole rings is 1. The Balaban J connectivity index is 1.54. The highest BCUT2D eigenvalue weighted by Gasteiger charge is 2.43. The van der Waals surface area contributed by atoms with E-state index in [1.165, 1.54) is 18.3 Å². The Labute approximate surface area is 160 Å². The first-order valence-corrected chi connectivity index (χ1v) is 8.89. The Bertz CT molecular complexity index is 1210. The van der Waals surface area contributed by atoms with Gasteiger partial charge in [0.1, 0.15) is 17.5 Å². The molecule has 144 valence electrons. The zero-order chi connectivity index (χ0) is 19.6. The molecular formula is C18H12ClF4N5. The predicted octanol–water partition coefficient (Wildman–Crippen LogP) is 4.70. The maximum Gasteiger partial charge on any atom is 0.408 e. The van der Waals surface area contributed by atoms with Crippen molar-refractivity contribution in [2.75, 3.05) is 0 Å². The van der Waals surface area contributed by atoms with Crippen LogP contribution in [0, 0.1) is 5.82 Å². The molecule has 2 atom stereocenters. The molecule has 0 N–H and O–H groups in total. The minimum atomic E-state index is -4.41. The van der Waals surface area contributed by atoms with Gasteiger partial charge in [-0.15, -0.1) is 0 Å². The summed E-state index contributed by atoms with van der Waals surface area (Å²) >= 11 is 6.07. The highest BCUT2D eigenvalue weighted by Crippen LogP contribution is 2.56. The molecule has 5 nitrogen and oxygen atoms in total. The van der Waals surface area contributed by atoms with Crippen LogP contribution in [-0.4, -0.2) is 30.6 Å². The van der Waals surface area contributed by atoms with Gasteiger partial charge in [0.05, 0.1) is 11.7 Å². The Morgan fingerprint density at radius 1 is 1.14 bits per heavy atom. The van der Waals surface area contributed by atoms with Crippen molar-refractivity contribution in [2.24, 2.45) is 0 Å². The van der Waals surface area contributed by atoms with Gasteiger partial charge in [0.25, 0.3) is 0 Å². The Morgan fingerprint density at radius 2 is 1.93 bits per heavy atom. The Morgan fingerprint density at radius 3 is 2.71 bits per heavy atom. The summed E-state index contributed by atoms with van der Waals surface area (Å²) in [6.45, 7) is -1.22. The molecular weight excluding hydrogens is 398 g/mol. The van der Waals surface area contributed by atoms with Gasteiger partial charge in [0.2, 0.25) is 0 Å². The lowest BCUT2D eigenvalue weighted by atomic mass is 10.0. The van der Waals surface area contributed by atoms with Crippen molar-refractivity contribution in [1.29, 1.82) is 0 Å². The van der Waals surface area contributed by atoms with Crippen LogP contribution >= 0.6 is 11.6 Å². The standard InChI is InChI=1S/C18H12ClF4N5/c19-16-6-13(17-24-1-2-27(17)26-16)11-4-10(11)12-5-15-9(3-14(12)20)7-25-28(15)8-18(21,22)23/h1-3,5-7,10-11H,4,8H2/t10-,11?/m0/s1. The van der Waals surface area contributed by atoms with Crippen molar-refractivity contribution < 1.29 is 17.6 Å². The van der Waals surface area contributed by atoms with Crippen molar-refractivity contribution in [3.05, 3.63) is 58.9 Å². The monoisotopic (exact) mass is 409 g/mol. The molecule has 28 heavy (non-hydrogen) atoms. The van der Waals surface area contributed by atoms with Crippen LogP contribution in [0.5, 0.6) is 0 Å². The maximum atomic E-state index is 14.7. The summed E-state index contributed by atoms with van der Waals surface area (Å²) in [6.07, 6.45) is 0.760. The average Bonchev–Trinajstić information content (AvgIpc) is 3.09. The van der Waals surface area contributed by atoms with E-state index in [4.69, 9.17) is 11.6 Å². The zero-order valence-electron chi connectivity index (χ0n) is 14.2. The summed E-state index contributed by atoms with van der Waals surface area (Å²) in [5.41, 5.74) is 2.12. The van der Waals surface area contributed by atoms with E-state index in [1.54, 1.807) is 23.0 Å². The molecule has 10 heteroatoms. The smallest absolute Gasteiger partial charge is 0.256 e. The van der Waals surface area contributed by atoms with Gasteiger partial charge in [-0.2, -0.15) is 23.4 Å². The van der Waals surface area contributed by atoms with Crippen molar-refractivity contribution in [1.82, 2.24) is 24.4 Å². The molecule has 1 aliphatic carbocycles. The molecule has 0 radical (unpaired) electrons. The lowest BCUT2D eigenvalue weighted by Gasteiger charge is -2.09. The number of alkyl halides is 3. The molecule has 1 saturated carbocycles. The molecule has 3 heterocycles. The third kappa shape index (κ3) is 2.90. The van der Waals surface area contributed by atoms with Crippen LogP contribution in [0.25, 0.3) is 16.6 Å². The van der Waals surface area contributed by atoms with Crippen molar-refractivity contribution >= 4 is 28.2 Å². The summed E-state index contributed by atoms with van der Waals surface area (Å²) in [7, 11) is 0. The number of halogens is 5. The first kappa shape index (κ1) is 17.4. The van der Waals surface area contributed by atoms with E-state index >= 15 is 0 Å². The van der Waals surface area contributed by atoms with Crippen LogP contribution in [0.4, 0.5) is 17.6 Å². The van der Waals surface area contributed by atoms with Gasteiger partial charge in [-0.1, -0.05) is 11.6 Å². The second-order valence-corrected chi connectivity index (χ2v) is 7.30. The van der Waals surface area contributed by atoms with Crippen LogP contribution in [0.15, 0.2) is 36.8 Å². The van der Waals surface area contributed by atoms with E-state index in [2.05, 4.69) is 15.2 Å². The fourth-order valence-electron chi connectivity index (χ4n) is 3.76. The van der Waals surface area contributed by atoms with Gasteiger partial charge in [0, 0.05) is 23.3 Å². The normalized spacial score (nSPS) is 19.6. The number of benzene rings is 1. The molecule has 0 saturated heterocycles. The second-order valence-electron chi connectivity index (χ2n) is 6.92. The highest BCUT2D eigenvalue weighted by atomic mass is 35.5. The largest absolute Gasteiger partial charge is 0.408 e. The van der Waals surface area contributed by atoms with E-state index in [1.807, 2.05) is 0 Å². The fourth-order valence-corrected chi connectivity index (χ4v) is 3.96. The van der Waals surface area contributed by atoms with Crippen molar-refractivity contribution in [2.45, 2.75) is 31.0 Å². The zero-order valence-corrected chi connectivity index (χ0v) is 14.9. The van der Waals surface area contributed by atoms with Crippen LogP contribution in [0.2, 0.25) is 5.15 Å². The average molecular weight is 410 g/mol. The van der Waals surface area contributed by atoms with Gasteiger partial charge in [-0.3, -0.25) is 4.68 Å². The minimum Gasteiger partial charge on any atom is -0.256 e. The number of aromatic nitrogens is 5. The minimum absolute atomic E-state index is 0.0312. The molecule has 0 amide bonds. The quantitative estimate of drug-likeness (QED) is 0.461. The topological polar surface area (TPSA) is 48.0 Å². The molecule has 0 aliphatic heterocycles. The van der Waals surface area contributed by atoms with Crippen LogP contribution < -0.4 is 0 Å². The molecule has 0 bridgehead atoms. The summed E-state index contributed by atoms with van der Waals surface area (Å²) in [4.78, 5) is 4.28. The number of fused-ring (bicyclic) bond motifs is 2. The van der Waals surface area contributed by atoms with E-state index in [0.29, 0.717) is 28.2 Å². The number of hydrogen-bond donors (Lipinski definition) is 0. The van der Waals surface area contributed by atoms with Gasteiger partial charge >= 0.3 is 6.18 Å². The van der Waals surface area contributed by atoms with Gasteiger partial charge in [0.15, 0.2) is 5.65 Å². The Hall–Kier alpha value is -2.68. The predicted molar refractivity (Wildman–Crippen MR) is 93.8 cm³/mol. The summed E-state index contributed by atoms with van der Waals surface area (Å²) in [6, 6.07) is 4.42. The van der Waals surface area contributed by atoms with Crippen molar-refractivity contribution in [3.63, 3.8) is 0 Å². The van der Waals surface area contributed by atoms with Gasteiger partial charge in [-0.25, -0.2) is 13.9 Å². The first-order valence-electron chi connectivity index (χ1n) is 8.51. The lowest BCUT2D eigenvalue weighted by Crippen LogP contribution is -2.18. The Kier molecular flexibility index (Phi) is 3.67. The van der Waals surface area contributed by atoms with Gasteiger partial charge in [-0.05, 0) is 42.0 Å². The van der Waals surface area contributed by atoms with E-state index in [0.717, 1.165) is 10.2 Å². The number of nitrogens with zero attached hydrogens (tertiary/aromatic N) is 5. The molecule has 5 rings (SSSR count). The molecule has 1 fully saturated rings. The second kappa shape index (κ2) is 5.91. The van der Waals surface area contributed by atoms with Crippen molar-refractivity contribution in [3.8, 4) is 0 Å². The lowest BCUT2D eigenvalue weighted by molar-refractivity contribution is -0.141. The van der Waals surface area contributed by atoms with E-state index in [-0.39, 0.29) is 17.4 Å². The van der Waals surface area contributed by atoms with Crippen LogP contribution in [0.1, 0.15) is 29.4 Å². The molecule has 3 aromatic heterocycles. The summed E-state index contributed by atoms with van der Waals surface area (Å²) < 4.78 is 55.4. The molecule has 1 aromatic carbocycles. The van der Waals surface area contributed by atoms with Gasteiger partial charge < -0.3 is 0 Å². The SMILES string of the molecule is Fc1cc2cnn(CC(F)(F)F)c2cc1[C@H]1CC1c1cc(Cl)nn2ccnc12. The van der Waals surface area contributed by atoms with Crippen LogP contribution in [0.3, 0.4) is 0 Å². The molecule has 0 spiro atoms. The maximum absolute atomic E-state index is 14.7. The van der Waals surface area contributed by atoms with E-state index in [9.17, 15) is 17.6 Å². The van der Waals surface area contributed by atoms with Crippen LogP contribution in [-0.2, 0) is 6.54 Å².